The molecule has 0 aromatic heterocycles. The van der Waals surface area contributed by atoms with Gasteiger partial charge in [0.25, 0.3) is 0 Å². The number of hydrogen-bond donors (Lipinski definition) is 2. The quantitative estimate of drug-likeness (QED) is 0.425. The van der Waals surface area contributed by atoms with Crippen LogP contribution in [0.1, 0.15) is 11.1 Å². The molecule has 2 rings (SSSR count). The third kappa shape index (κ3) is 7.55. The van der Waals surface area contributed by atoms with Gasteiger partial charge in [-0.3, -0.25) is 9.89 Å². The molecule has 6 heteroatoms. The zero-order chi connectivity index (χ0) is 17.0. The first kappa shape index (κ1) is 19.1. The van der Waals surface area contributed by atoms with Crippen LogP contribution in [0.5, 0.6) is 0 Å². The molecule has 134 valence electrons. The van der Waals surface area contributed by atoms with Crippen molar-refractivity contribution in [2.24, 2.45) is 4.99 Å². The molecule has 5 nitrogen and oxygen atoms in total. The zero-order valence-corrected chi connectivity index (χ0v) is 15.7. The molecule has 1 aliphatic heterocycles. The number of hydrogen-bond acceptors (Lipinski definition) is 4. The molecule has 1 aromatic carbocycles. The molecular formula is C18H30N4OS. The third-order valence-electron chi connectivity index (χ3n) is 3.98. The van der Waals surface area contributed by atoms with E-state index in [0.29, 0.717) is 0 Å². The molecule has 1 fully saturated rings. The van der Waals surface area contributed by atoms with Crippen LogP contribution in [-0.4, -0.2) is 69.6 Å². The predicted molar refractivity (Wildman–Crippen MR) is 104 cm³/mol. The fraction of sp³-hybridized carbons (Fsp3) is 0.611. The second-order valence-corrected chi connectivity index (χ2v) is 7.02. The first-order valence-corrected chi connectivity index (χ1v) is 9.81. The Morgan fingerprint density at radius 3 is 2.58 bits per heavy atom. The number of thioether (sulfide) groups is 1. The summed E-state index contributed by atoms with van der Waals surface area (Å²) in [6, 6.07) is 8.77. The van der Waals surface area contributed by atoms with Crippen LogP contribution in [0, 0.1) is 6.92 Å². The summed E-state index contributed by atoms with van der Waals surface area (Å²) in [4.78, 5) is 6.70. The number of nitrogens with zero attached hydrogens (tertiary/aromatic N) is 2. The van der Waals surface area contributed by atoms with Crippen LogP contribution >= 0.6 is 11.8 Å². The van der Waals surface area contributed by atoms with Crippen molar-refractivity contribution in [2.75, 3.05) is 58.7 Å². The monoisotopic (exact) mass is 350 g/mol. The molecule has 0 atom stereocenters. The van der Waals surface area contributed by atoms with Gasteiger partial charge in [-0.05, 0) is 12.5 Å². The van der Waals surface area contributed by atoms with Crippen molar-refractivity contribution in [3.05, 3.63) is 35.4 Å². The van der Waals surface area contributed by atoms with Gasteiger partial charge in [-0.25, -0.2) is 0 Å². The summed E-state index contributed by atoms with van der Waals surface area (Å²) in [5.41, 5.74) is 2.70. The second kappa shape index (κ2) is 11.3. The summed E-state index contributed by atoms with van der Waals surface area (Å²) < 4.78 is 5.36. The van der Waals surface area contributed by atoms with Gasteiger partial charge >= 0.3 is 0 Å². The predicted octanol–water partition coefficient (Wildman–Crippen LogP) is 1.73. The maximum absolute atomic E-state index is 5.36. The molecule has 24 heavy (non-hydrogen) atoms. The first-order valence-electron chi connectivity index (χ1n) is 8.66. The zero-order valence-electron chi connectivity index (χ0n) is 14.9. The standard InChI is InChI=1S/C18H30N4OS/c1-16-3-5-17(6-4-16)15-24-14-8-21-18(19-2)20-7-9-22-10-12-23-13-11-22/h3-6H,7-15H2,1-2H3,(H2,19,20,21). The van der Waals surface area contributed by atoms with Crippen molar-refractivity contribution in [1.29, 1.82) is 0 Å². The molecule has 1 aliphatic rings. The summed E-state index contributed by atoms with van der Waals surface area (Å²) >= 11 is 1.94. The van der Waals surface area contributed by atoms with Crippen molar-refractivity contribution in [1.82, 2.24) is 15.5 Å². The van der Waals surface area contributed by atoms with Gasteiger partial charge in [-0.2, -0.15) is 11.8 Å². The van der Waals surface area contributed by atoms with Gasteiger partial charge in [-0.1, -0.05) is 29.8 Å². The van der Waals surface area contributed by atoms with E-state index in [-0.39, 0.29) is 0 Å². The topological polar surface area (TPSA) is 48.9 Å². The number of morpholine rings is 1. The highest BCUT2D eigenvalue weighted by molar-refractivity contribution is 7.98. The van der Waals surface area contributed by atoms with Crippen LogP contribution in [0.2, 0.25) is 0 Å². The second-order valence-electron chi connectivity index (χ2n) is 5.92. The average molecular weight is 351 g/mol. The van der Waals surface area contributed by atoms with Crippen molar-refractivity contribution in [2.45, 2.75) is 12.7 Å². The highest BCUT2D eigenvalue weighted by Crippen LogP contribution is 2.12. The van der Waals surface area contributed by atoms with Gasteiger partial charge in [0.05, 0.1) is 13.2 Å². The first-order chi connectivity index (χ1) is 11.8. The number of nitrogens with one attached hydrogen (secondary N) is 2. The molecule has 1 heterocycles. The van der Waals surface area contributed by atoms with Crippen molar-refractivity contribution >= 4 is 17.7 Å². The number of ether oxygens (including phenoxy) is 1. The normalized spacial score (nSPS) is 16.2. The van der Waals surface area contributed by atoms with E-state index in [1.807, 2.05) is 18.8 Å². The molecule has 0 saturated carbocycles. The van der Waals surface area contributed by atoms with E-state index in [1.165, 1.54) is 11.1 Å². The lowest BCUT2D eigenvalue weighted by molar-refractivity contribution is 0.0389. The Kier molecular flexibility index (Phi) is 9.02. The Hall–Kier alpha value is -1.24. The van der Waals surface area contributed by atoms with E-state index >= 15 is 0 Å². The minimum Gasteiger partial charge on any atom is -0.379 e. The SMILES string of the molecule is CN=C(NCCSCc1ccc(C)cc1)NCCN1CCOCC1. The summed E-state index contributed by atoms with van der Waals surface area (Å²) in [7, 11) is 1.82. The van der Waals surface area contributed by atoms with Crippen LogP contribution in [0.15, 0.2) is 29.3 Å². The fourth-order valence-corrected chi connectivity index (χ4v) is 3.31. The van der Waals surface area contributed by atoms with Crippen LogP contribution < -0.4 is 10.6 Å². The van der Waals surface area contributed by atoms with Crippen LogP contribution in [0.25, 0.3) is 0 Å². The van der Waals surface area contributed by atoms with Crippen LogP contribution in [0.4, 0.5) is 0 Å². The highest BCUT2D eigenvalue weighted by Gasteiger charge is 2.09. The average Bonchev–Trinajstić information content (AvgIpc) is 2.62. The number of aryl methyl sites for hydroxylation is 1. The smallest absolute Gasteiger partial charge is 0.191 e. The summed E-state index contributed by atoms with van der Waals surface area (Å²) in [6.07, 6.45) is 0. The number of guanidine groups is 1. The van der Waals surface area contributed by atoms with E-state index in [4.69, 9.17) is 4.74 Å². The fourth-order valence-electron chi connectivity index (χ4n) is 2.49. The van der Waals surface area contributed by atoms with Gasteiger partial charge in [0.2, 0.25) is 0 Å². The van der Waals surface area contributed by atoms with Gasteiger partial charge in [0.1, 0.15) is 0 Å². The number of benzene rings is 1. The molecule has 0 radical (unpaired) electrons. The van der Waals surface area contributed by atoms with Crippen LogP contribution in [0.3, 0.4) is 0 Å². The van der Waals surface area contributed by atoms with E-state index < -0.39 is 0 Å². The summed E-state index contributed by atoms with van der Waals surface area (Å²) in [6.45, 7) is 8.76. The van der Waals surface area contributed by atoms with Gasteiger partial charge in [0.15, 0.2) is 5.96 Å². The minimum atomic E-state index is 0.852. The Morgan fingerprint density at radius 2 is 1.88 bits per heavy atom. The Bertz CT molecular complexity index is 486. The van der Waals surface area contributed by atoms with Crippen LogP contribution in [-0.2, 0) is 10.5 Å². The Morgan fingerprint density at radius 1 is 1.17 bits per heavy atom. The molecule has 1 saturated heterocycles. The highest BCUT2D eigenvalue weighted by atomic mass is 32.2. The summed E-state index contributed by atoms with van der Waals surface area (Å²) in [5, 5.41) is 6.76. The molecule has 0 unspecified atom stereocenters. The minimum absolute atomic E-state index is 0.852. The maximum Gasteiger partial charge on any atom is 0.191 e. The molecule has 0 bridgehead atoms. The number of aliphatic imine (C=N–C) groups is 1. The molecule has 2 N–H and O–H groups in total. The Balaban J connectivity index is 1.52. The molecule has 0 spiro atoms. The van der Waals surface area contributed by atoms with E-state index in [9.17, 15) is 0 Å². The largest absolute Gasteiger partial charge is 0.379 e. The van der Waals surface area contributed by atoms with E-state index in [1.54, 1.807) is 0 Å². The van der Waals surface area contributed by atoms with Gasteiger partial charge in [-0.15, -0.1) is 0 Å². The summed E-state index contributed by atoms with van der Waals surface area (Å²) in [5.74, 6) is 3.02. The molecule has 0 aliphatic carbocycles. The van der Waals surface area contributed by atoms with E-state index in [0.717, 1.165) is 63.4 Å². The lowest BCUT2D eigenvalue weighted by atomic mass is 10.2. The third-order valence-corrected chi connectivity index (χ3v) is 5.01. The van der Waals surface area contributed by atoms with Crippen molar-refractivity contribution < 1.29 is 4.74 Å². The lowest BCUT2D eigenvalue weighted by Gasteiger charge is -2.26. The molecular weight excluding hydrogens is 320 g/mol. The lowest BCUT2D eigenvalue weighted by Crippen LogP contribution is -2.44. The molecule has 1 aromatic rings. The van der Waals surface area contributed by atoms with Gasteiger partial charge in [0, 0.05) is 51.3 Å². The maximum atomic E-state index is 5.36. The molecule has 0 amide bonds. The van der Waals surface area contributed by atoms with Crippen molar-refractivity contribution in [3.63, 3.8) is 0 Å². The van der Waals surface area contributed by atoms with Crippen molar-refractivity contribution in [3.8, 4) is 0 Å². The van der Waals surface area contributed by atoms with Gasteiger partial charge < -0.3 is 15.4 Å². The van der Waals surface area contributed by atoms with E-state index in [2.05, 4.69) is 51.7 Å². The Labute approximate surface area is 150 Å². The number of rotatable bonds is 8.